The fourth-order valence-corrected chi connectivity index (χ4v) is 3.67. The molecule has 0 spiro atoms. The Morgan fingerprint density at radius 3 is 2.94 bits per heavy atom. The molecule has 18 heavy (non-hydrogen) atoms. The highest BCUT2D eigenvalue weighted by atomic mass is 16.2. The molecule has 98 valence electrons. The number of carbonyl (C=O) groups excluding carboxylic acids is 1. The molecule has 3 rings (SSSR count). The number of anilines is 1. The van der Waals surface area contributed by atoms with Crippen molar-refractivity contribution in [1.82, 2.24) is 15.1 Å². The fraction of sp³-hybridized carbons (Fsp3) is 0.692. The summed E-state index contributed by atoms with van der Waals surface area (Å²) in [5.41, 5.74) is 6.66. The molecule has 3 unspecified atom stereocenters. The number of nitrogens with two attached hydrogens (primary N) is 1. The van der Waals surface area contributed by atoms with Crippen LogP contribution in [0.3, 0.4) is 0 Å². The van der Waals surface area contributed by atoms with Crippen molar-refractivity contribution < 1.29 is 4.79 Å². The summed E-state index contributed by atoms with van der Waals surface area (Å²) >= 11 is 0. The van der Waals surface area contributed by atoms with Gasteiger partial charge < -0.3 is 11.1 Å². The normalized spacial score (nSPS) is 29.7. The van der Waals surface area contributed by atoms with Gasteiger partial charge in [-0.25, -0.2) is 0 Å². The molecule has 1 amide bonds. The molecule has 2 bridgehead atoms. The van der Waals surface area contributed by atoms with E-state index in [0.29, 0.717) is 17.3 Å². The molecule has 1 heterocycles. The smallest absolute Gasteiger partial charge is 0.271 e. The third-order valence-electron chi connectivity index (χ3n) is 4.59. The molecular weight excluding hydrogens is 228 g/mol. The first-order valence-corrected chi connectivity index (χ1v) is 6.71. The summed E-state index contributed by atoms with van der Waals surface area (Å²) in [6.45, 7) is 0.782. The van der Waals surface area contributed by atoms with E-state index in [1.807, 2.05) is 0 Å². The molecule has 2 fully saturated rings. The van der Waals surface area contributed by atoms with Gasteiger partial charge in [0.15, 0.2) is 0 Å². The van der Waals surface area contributed by atoms with Crippen molar-refractivity contribution in [2.75, 3.05) is 12.3 Å². The zero-order valence-corrected chi connectivity index (χ0v) is 10.7. The Balaban J connectivity index is 1.59. The van der Waals surface area contributed by atoms with Crippen LogP contribution in [-0.2, 0) is 7.05 Å². The van der Waals surface area contributed by atoms with Crippen LogP contribution in [0.5, 0.6) is 0 Å². The summed E-state index contributed by atoms with van der Waals surface area (Å²) in [5.74, 6) is 2.32. The summed E-state index contributed by atoms with van der Waals surface area (Å²) in [6, 6.07) is 0. The Morgan fingerprint density at radius 1 is 1.56 bits per heavy atom. The molecule has 0 radical (unpaired) electrons. The minimum absolute atomic E-state index is 0.102. The topological polar surface area (TPSA) is 72.9 Å². The van der Waals surface area contributed by atoms with Gasteiger partial charge in [-0.1, -0.05) is 6.42 Å². The highest BCUT2D eigenvalue weighted by molar-refractivity contribution is 5.97. The van der Waals surface area contributed by atoms with Gasteiger partial charge in [0, 0.05) is 13.6 Å². The lowest BCUT2D eigenvalue weighted by Crippen LogP contribution is -2.33. The van der Waals surface area contributed by atoms with Crippen LogP contribution in [0.25, 0.3) is 0 Å². The maximum Gasteiger partial charge on any atom is 0.271 e. The summed E-state index contributed by atoms with van der Waals surface area (Å²) in [4.78, 5) is 12.1. The average molecular weight is 248 g/mol. The predicted molar refractivity (Wildman–Crippen MR) is 68.9 cm³/mol. The van der Waals surface area contributed by atoms with Crippen molar-refractivity contribution in [2.24, 2.45) is 24.8 Å². The number of rotatable bonds is 3. The van der Waals surface area contributed by atoms with Gasteiger partial charge in [0.2, 0.25) is 0 Å². The van der Waals surface area contributed by atoms with E-state index in [-0.39, 0.29) is 5.91 Å². The van der Waals surface area contributed by atoms with Gasteiger partial charge in [-0.3, -0.25) is 9.48 Å². The maximum atomic E-state index is 12.1. The maximum absolute atomic E-state index is 12.1. The van der Waals surface area contributed by atoms with Crippen molar-refractivity contribution in [2.45, 2.75) is 25.7 Å². The van der Waals surface area contributed by atoms with Gasteiger partial charge in [0.05, 0.1) is 11.9 Å². The molecule has 0 saturated heterocycles. The Hall–Kier alpha value is -1.52. The highest BCUT2D eigenvalue weighted by Crippen LogP contribution is 2.47. The second kappa shape index (κ2) is 4.30. The van der Waals surface area contributed by atoms with Gasteiger partial charge >= 0.3 is 0 Å². The number of fused-ring (bicyclic) bond motifs is 2. The first-order valence-electron chi connectivity index (χ1n) is 6.71. The lowest BCUT2D eigenvalue weighted by molar-refractivity contribution is 0.0933. The van der Waals surface area contributed by atoms with Crippen LogP contribution >= 0.6 is 0 Å². The number of aromatic nitrogens is 2. The number of aryl methyl sites for hydroxylation is 1. The van der Waals surface area contributed by atoms with Crippen LogP contribution in [-0.4, -0.2) is 22.2 Å². The Morgan fingerprint density at radius 2 is 2.39 bits per heavy atom. The minimum atomic E-state index is -0.102. The van der Waals surface area contributed by atoms with E-state index in [4.69, 9.17) is 5.73 Å². The van der Waals surface area contributed by atoms with E-state index in [1.165, 1.54) is 36.6 Å². The summed E-state index contributed by atoms with van der Waals surface area (Å²) in [7, 11) is 1.74. The molecular formula is C13H20N4O. The van der Waals surface area contributed by atoms with E-state index >= 15 is 0 Å². The van der Waals surface area contributed by atoms with Crippen molar-refractivity contribution in [3.8, 4) is 0 Å². The van der Waals surface area contributed by atoms with Crippen molar-refractivity contribution in [3.63, 3.8) is 0 Å². The van der Waals surface area contributed by atoms with E-state index in [0.717, 1.165) is 18.4 Å². The molecule has 5 nitrogen and oxygen atoms in total. The Bertz CT molecular complexity index is 448. The zero-order valence-electron chi connectivity index (χ0n) is 10.7. The zero-order chi connectivity index (χ0) is 12.7. The second-order valence-electron chi connectivity index (χ2n) is 5.72. The van der Waals surface area contributed by atoms with Crippen LogP contribution in [0.4, 0.5) is 5.69 Å². The largest absolute Gasteiger partial charge is 0.396 e. The number of carbonyl (C=O) groups is 1. The SMILES string of the molecule is Cn1ncc(N)c1C(=O)NCC1CC2CCC1C2. The van der Waals surface area contributed by atoms with Gasteiger partial charge in [0.1, 0.15) is 5.69 Å². The van der Waals surface area contributed by atoms with E-state index in [9.17, 15) is 4.79 Å². The Labute approximate surface area is 107 Å². The van der Waals surface area contributed by atoms with Crippen LogP contribution < -0.4 is 11.1 Å². The second-order valence-corrected chi connectivity index (χ2v) is 5.72. The molecule has 3 atom stereocenters. The number of hydrogen-bond donors (Lipinski definition) is 2. The fourth-order valence-electron chi connectivity index (χ4n) is 3.67. The third-order valence-corrected chi connectivity index (χ3v) is 4.59. The summed E-state index contributed by atoms with van der Waals surface area (Å²) < 4.78 is 1.53. The standard InChI is InChI=1S/C13H20N4O/c1-17-12(11(14)7-16-17)13(18)15-6-10-5-8-2-3-9(10)4-8/h7-10H,2-6,14H2,1H3,(H,15,18). The van der Waals surface area contributed by atoms with Crippen LogP contribution in [0.2, 0.25) is 0 Å². The number of nitrogens with one attached hydrogen (secondary N) is 1. The molecule has 0 aromatic carbocycles. The van der Waals surface area contributed by atoms with Gasteiger partial charge in [-0.2, -0.15) is 5.10 Å². The number of amides is 1. The number of nitrogen functional groups attached to an aromatic ring is 1. The predicted octanol–water partition coefficient (Wildman–Crippen LogP) is 1.17. The monoisotopic (exact) mass is 248 g/mol. The van der Waals surface area contributed by atoms with Crippen LogP contribution in [0, 0.1) is 17.8 Å². The molecule has 3 N–H and O–H groups in total. The van der Waals surface area contributed by atoms with Crippen molar-refractivity contribution in [3.05, 3.63) is 11.9 Å². The lowest BCUT2D eigenvalue weighted by Gasteiger charge is -2.21. The van der Waals surface area contributed by atoms with E-state index in [1.54, 1.807) is 7.05 Å². The molecule has 1 aromatic heterocycles. The first kappa shape index (κ1) is 11.6. The summed E-state index contributed by atoms with van der Waals surface area (Å²) in [5, 5.41) is 7.00. The van der Waals surface area contributed by atoms with Gasteiger partial charge in [0.25, 0.3) is 5.91 Å². The lowest BCUT2D eigenvalue weighted by atomic mass is 9.89. The molecule has 2 aliphatic carbocycles. The van der Waals surface area contributed by atoms with E-state index < -0.39 is 0 Å². The number of hydrogen-bond acceptors (Lipinski definition) is 3. The molecule has 5 heteroatoms. The van der Waals surface area contributed by atoms with E-state index in [2.05, 4.69) is 10.4 Å². The highest BCUT2D eigenvalue weighted by Gasteiger charge is 2.39. The van der Waals surface area contributed by atoms with Crippen LogP contribution in [0.15, 0.2) is 6.20 Å². The van der Waals surface area contributed by atoms with Crippen molar-refractivity contribution in [1.29, 1.82) is 0 Å². The molecule has 0 aliphatic heterocycles. The quantitative estimate of drug-likeness (QED) is 0.843. The van der Waals surface area contributed by atoms with Crippen LogP contribution in [0.1, 0.15) is 36.2 Å². The van der Waals surface area contributed by atoms with Gasteiger partial charge in [-0.05, 0) is 37.0 Å². The molecule has 2 saturated carbocycles. The van der Waals surface area contributed by atoms with Crippen molar-refractivity contribution >= 4 is 11.6 Å². The molecule has 1 aromatic rings. The average Bonchev–Trinajstić information content (AvgIpc) is 3.02. The van der Waals surface area contributed by atoms with Gasteiger partial charge in [-0.15, -0.1) is 0 Å². The summed E-state index contributed by atoms with van der Waals surface area (Å²) in [6.07, 6.45) is 6.91. The Kier molecular flexibility index (Phi) is 2.76. The first-order chi connectivity index (χ1) is 8.65. The third kappa shape index (κ3) is 1.87. The number of nitrogens with zero attached hydrogens (tertiary/aromatic N) is 2. The molecule has 2 aliphatic rings. The minimum Gasteiger partial charge on any atom is -0.396 e.